The zero-order valence-electron chi connectivity index (χ0n) is 9.55. The first-order valence-electron chi connectivity index (χ1n) is 5.80. The maximum Gasteiger partial charge on any atom is 0.223 e. The molecule has 0 bridgehead atoms. The third kappa shape index (κ3) is 3.78. The zero-order valence-corrected chi connectivity index (χ0v) is 9.55. The van der Waals surface area contributed by atoms with Gasteiger partial charge in [0.1, 0.15) is 6.17 Å². The van der Waals surface area contributed by atoms with Crippen molar-refractivity contribution < 1.29 is 9.18 Å². The third-order valence-corrected chi connectivity index (χ3v) is 2.90. The number of hydrogen-bond donors (Lipinski definition) is 2. The molecule has 1 aliphatic rings. The number of hydrogen-bond acceptors (Lipinski definition) is 2. The Morgan fingerprint density at radius 3 is 3.00 bits per heavy atom. The van der Waals surface area contributed by atoms with Gasteiger partial charge >= 0.3 is 0 Å². The second-order valence-corrected chi connectivity index (χ2v) is 4.31. The largest absolute Gasteiger partial charge is 0.350 e. The quantitative estimate of drug-likeness (QED) is 0.742. The van der Waals surface area contributed by atoms with Gasteiger partial charge in [-0.2, -0.15) is 0 Å². The van der Waals surface area contributed by atoms with Crippen LogP contribution in [0.5, 0.6) is 0 Å². The van der Waals surface area contributed by atoms with Crippen molar-refractivity contribution in [3.8, 4) is 0 Å². The van der Waals surface area contributed by atoms with Crippen LogP contribution < -0.4 is 10.6 Å². The molecule has 3 atom stereocenters. The van der Waals surface area contributed by atoms with Crippen LogP contribution in [0.3, 0.4) is 0 Å². The Kier molecular flexibility index (Phi) is 5.02. The van der Waals surface area contributed by atoms with E-state index in [2.05, 4.69) is 10.6 Å². The highest BCUT2D eigenvalue weighted by molar-refractivity contribution is 5.78. The van der Waals surface area contributed by atoms with Crippen molar-refractivity contribution >= 4 is 5.91 Å². The molecule has 2 N–H and O–H groups in total. The van der Waals surface area contributed by atoms with Gasteiger partial charge in [0.2, 0.25) is 5.91 Å². The summed E-state index contributed by atoms with van der Waals surface area (Å²) < 4.78 is 13.4. The van der Waals surface area contributed by atoms with Gasteiger partial charge in [-0.3, -0.25) is 4.79 Å². The van der Waals surface area contributed by atoms with E-state index in [1.165, 1.54) is 0 Å². The molecule has 0 saturated carbocycles. The lowest BCUT2D eigenvalue weighted by Crippen LogP contribution is -2.51. The van der Waals surface area contributed by atoms with Crippen LogP contribution in [-0.2, 0) is 4.79 Å². The number of piperidine rings is 1. The minimum atomic E-state index is -0.948. The first-order chi connectivity index (χ1) is 7.15. The van der Waals surface area contributed by atoms with Crippen LogP contribution >= 0.6 is 0 Å². The van der Waals surface area contributed by atoms with Gasteiger partial charge in [-0.25, -0.2) is 4.39 Å². The van der Waals surface area contributed by atoms with Crippen LogP contribution in [0.25, 0.3) is 0 Å². The molecule has 3 nitrogen and oxygen atoms in total. The molecule has 1 aliphatic heterocycles. The third-order valence-electron chi connectivity index (χ3n) is 2.90. The van der Waals surface area contributed by atoms with Crippen molar-refractivity contribution in [3.05, 3.63) is 0 Å². The summed E-state index contributed by atoms with van der Waals surface area (Å²) in [6.07, 6.45) is 1.59. The van der Waals surface area contributed by atoms with Crippen molar-refractivity contribution in [1.29, 1.82) is 0 Å². The molecule has 1 fully saturated rings. The van der Waals surface area contributed by atoms with Gasteiger partial charge in [0, 0.05) is 12.5 Å². The SMILES string of the molecule is CCCC(C)C(=O)NC1CCNCC1F. The second kappa shape index (κ2) is 6.05. The van der Waals surface area contributed by atoms with Crippen molar-refractivity contribution in [1.82, 2.24) is 10.6 Å². The topological polar surface area (TPSA) is 41.1 Å². The van der Waals surface area contributed by atoms with Gasteiger partial charge in [-0.1, -0.05) is 20.3 Å². The van der Waals surface area contributed by atoms with E-state index in [1.54, 1.807) is 0 Å². The van der Waals surface area contributed by atoms with E-state index in [-0.39, 0.29) is 17.9 Å². The molecule has 1 amide bonds. The predicted octanol–water partition coefficient (Wildman–Crippen LogP) is 1.24. The zero-order chi connectivity index (χ0) is 11.3. The summed E-state index contributed by atoms with van der Waals surface area (Å²) >= 11 is 0. The van der Waals surface area contributed by atoms with Crippen molar-refractivity contribution in [2.75, 3.05) is 13.1 Å². The van der Waals surface area contributed by atoms with E-state index in [1.807, 2.05) is 13.8 Å². The molecule has 1 rings (SSSR count). The molecule has 1 saturated heterocycles. The van der Waals surface area contributed by atoms with E-state index in [4.69, 9.17) is 0 Å². The molecule has 1 heterocycles. The summed E-state index contributed by atoms with van der Waals surface area (Å²) in [5.74, 6) is -0.0107. The maximum absolute atomic E-state index is 13.4. The lowest BCUT2D eigenvalue weighted by atomic mass is 10.0. The highest BCUT2D eigenvalue weighted by atomic mass is 19.1. The smallest absolute Gasteiger partial charge is 0.223 e. The molecular formula is C11H21FN2O. The lowest BCUT2D eigenvalue weighted by Gasteiger charge is -2.28. The number of rotatable bonds is 4. The Bertz CT molecular complexity index is 211. The number of carbonyl (C=O) groups is 1. The number of nitrogens with one attached hydrogen (secondary N) is 2. The summed E-state index contributed by atoms with van der Waals surface area (Å²) in [6.45, 7) is 5.08. The fraction of sp³-hybridized carbons (Fsp3) is 0.909. The average molecular weight is 216 g/mol. The van der Waals surface area contributed by atoms with Crippen molar-refractivity contribution in [2.24, 2.45) is 5.92 Å². The van der Waals surface area contributed by atoms with E-state index < -0.39 is 6.17 Å². The van der Waals surface area contributed by atoms with Gasteiger partial charge in [0.05, 0.1) is 6.04 Å². The minimum absolute atomic E-state index is 0.00270. The average Bonchev–Trinajstić information content (AvgIpc) is 2.21. The Morgan fingerprint density at radius 1 is 1.67 bits per heavy atom. The summed E-state index contributed by atoms with van der Waals surface area (Å²) in [4.78, 5) is 11.6. The van der Waals surface area contributed by atoms with E-state index in [9.17, 15) is 9.18 Å². The molecule has 0 spiro atoms. The maximum atomic E-state index is 13.4. The van der Waals surface area contributed by atoms with E-state index in [0.717, 1.165) is 19.4 Å². The van der Waals surface area contributed by atoms with Crippen molar-refractivity contribution in [3.63, 3.8) is 0 Å². The summed E-state index contributed by atoms with van der Waals surface area (Å²) in [6, 6.07) is -0.293. The summed E-state index contributed by atoms with van der Waals surface area (Å²) in [5, 5.41) is 5.77. The fourth-order valence-corrected chi connectivity index (χ4v) is 1.87. The highest BCUT2D eigenvalue weighted by Gasteiger charge is 2.26. The standard InChI is InChI=1S/C11H21FN2O/c1-3-4-8(2)11(15)14-10-5-6-13-7-9(10)12/h8-10,13H,3-7H2,1-2H3,(H,14,15). The fourth-order valence-electron chi connectivity index (χ4n) is 1.87. The first-order valence-corrected chi connectivity index (χ1v) is 5.80. The molecule has 0 aromatic carbocycles. The van der Waals surface area contributed by atoms with Gasteiger partial charge in [0.15, 0.2) is 0 Å². The highest BCUT2D eigenvalue weighted by Crippen LogP contribution is 2.10. The predicted molar refractivity (Wildman–Crippen MR) is 58.4 cm³/mol. The second-order valence-electron chi connectivity index (χ2n) is 4.31. The van der Waals surface area contributed by atoms with E-state index >= 15 is 0 Å². The Balaban J connectivity index is 2.35. The molecule has 0 radical (unpaired) electrons. The minimum Gasteiger partial charge on any atom is -0.350 e. The first kappa shape index (κ1) is 12.4. The molecule has 15 heavy (non-hydrogen) atoms. The number of halogens is 1. The molecule has 3 unspecified atom stereocenters. The Labute approximate surface area is 90.8 Å². The van der Waals surface area contributed by atoms with Crippen LogP contribution in [0.1, 0.15) is 33.1 Å². The van der Waals surface area contributed by atoms with Gasteiger partial charge in [-0.15, -0.1) is 0 Å². The number of alkyl halides is 1. The van der Waals surface area contributed by atoms with Gasteiger partial charge in [0.25, 0.3) is 0 Å². The Hall–Kier alpha value is -0.640. The molecule has 4 heteroatoms. The van der Waals surface area contributed by atoms with Gasteiger partial charge in [-0.05, 0) is 19.4 Å². The molecular weight excluding hydrogens is 195 g/mol. The number of amides is 1. The van der Waals surface area contributed by atoms with Crippen molar-refractivity contribution in [2.45, 2.75) is 45.3 Å². The van der Waals surface area contributed by atoms with Crippen LogP contribution in [0, 0.1) is 5.92 Å². The van der Waals surface area contributed by atoms with E-state index in [0.29, 0.717) is 13.0 Å². The molecule has 88 valence electrons. The van der Waals surface area contributed by atoms with Crippen LogP contribution in [0.15, 0.2) is 0 Å². The molecule has 0 aromatic heterocycles. The summed E-state index contributed by atoms with van der Waals surface area (Å²) in [5.41, 5.74) is 0. The normalized spacial score (nSPS) is 28.5. The summed E-state index contributed by atoms with van der Waals surface area (Å²) in [7, 11) is 0. The monoisotopic (exact) mass is 216 g/mol. The molecule has 0 aromatic rings. The molecule has 0 aliphatic carbocycles. The van der Waals surface area contributed by atoms with Crippen LogP contribution in [0.4, 0.5) is 4.39 Å². The Morgan fingerprint density at radius 2 is 2.40 bits per heavy atom. The van der Waals surface area contributed by atoms with Crippen LogP contribution in [0.2, 0.25) is 0 Å². The number of carbonyl (C=O) groups excluding carboxylic acids is 1. The van der Waals surface area contributed by atoms with Gasteiger partial charge < -0.3 is 10.6 Å². The van der Waals surface area contributed by atoms with Crippen LogP contribution in [-0.4, -0.2) is 31.2 Å². The lowest BCUT2D eigenvalue weighted by molar-refractivity contribution is -0.126.